The normalized spacial score (nSPS) is 12.8. The average Bonchev–Trinajstić information content (AvgIpc) is 2.86. The topological polar surface area (TPSA) is 50.9 Å². The number of hydrogen-bond donors (Lipinski definition) is 1. The lowest BCUT2D eigenvalue weighted by atomic mass is 10.1. The second kappa shape index (κ2) is 5.23. The molecular formula is C15H14ClN3O. The molecule has 0 saturated heterocycles. The van der Waals surface area contributed by atoms with E-state index in [1.165, 1.54) is 0 Å². The van der Waals surface area contributed by atoms with Crippen LogP contribution in [0.15, 0.2) is 42.7 Å². The van der Waals surface area contributed by atoms with Crippen molar-refractivity contribution in [2.45, 2.75) is 19.6 Å². The van der Waals surface area contributed by atoms with Crippen molar-refractivity contribution < 1.29 is 5.11 Å². The van der Waals surface area contributed by atoms with Crippen LogP contribution in [0.25, 0.3) is 22.2 Å². The molecule has 0 amide bonds. The molecule has 0 aliphatic heterocycles. The van der Waals surface area contributed by atoms with Crippen LogP contribution < -0.4 is 0 Å². The molecular weight excluding hydrogens is 274 g/mol. The Morgan fingerprint density at radius 1 is 1.30 bits per heavy atom. The summed E-state index contributed by atoms with van der Waals surface area (Å²) in [6.45, 7) is 1.95. The van der Waals surface area contributed by atoms with Crippen LogP contribution >= 0.6 is 11.6 Å². The minimum atomic E-state index is -0.550. The lowest BCUT2D eigenvalue weighted by Gasteiger charge is -2.11. The van der Waals surface area contributed by atoms with E-state index in [-0.39, 0.29) is 5.28 Å². The summed E-state index contributed by atoms with van der Waals surface area (Å²) in [7, 11) is 0. The highest BCUT2D eigenvalue weighted by atomic mass is 35.5. The van der Waals surface area contributed by atoms with Crippen molar-refractivity contribution in [3.05, 3.63) is 48.0 Å². The zero-order chi connectivity index (χ0) is 14.1. The summed E-state index contributed by atoms with van der Waals surface area (Å²) in [4.78, 5) is 8.15. The Labute approximate surface area is 121 Å². The van der Waals surface area contributed by atoms with E-state index in [4.69, 9.17) is 11.6 Å². The fourth-order valence-electron chi connectivity index (χ4n) is 2.34. The first-order valence-electron chi connectivity index (χ1n) is 6.47. The van der Waals surface area contributed by atoms with E-state index in [9.17, 15) is 5.11 Å². The molecule has 4 nitrogen and oxygen atoms in total. The molecule has 1 aromatic carbocycles. The number of nitrogens with zero attached hydrogens (tertiary/aromatic N) is 3. The number of aliphatic hydroxyl groups excluding tert-OH is 1. The maximum Gasteiger partial charge on any atom is 0.222 e. The van der Waals surface area contributed by atoms with Gasteiger partial charge in [0.05, 0.1) is 11.2 Å². The van der Waals surface area contributed by atoms with Gasteiger partial charge in [0.1, 0.15) is 6.23 Å². The van der Waals surface area contributed by atoms with Crippen LogP contribution in [0.3, 0.4) is 0 Å². The molecule has 0 fully saturated rings. The predicted molar refractivity (Wildman–Crippen MR) is 79.5 cm³/mol. The van der Waals surface area contributed by atoms with E-state index in [1.807, 2.05) is 48.0 Å². The van der Waals surface area contributed by atoms with Crippen LogP contribution in [-0.2, 0) is 0 Å². The summed E-state index contributed by atoms with van der Waals surface area (Å²) in [5, 5.41) is 11.4. The lowest BCUT2D eigenvalue weighted by Crippen LogP contribution is -2.04. The number of aromatic nitrogens is 3. The summed E-state index contributed by atoms with van der Waals surface area (Å²) in [5.41, 5.74) is 2.67. The third kappa shape index (κ3) is 2.17. The van der Waals surface area contributed by atoms with Gasteiger partial charge in [-0.2, -0.15) is 0 Å². The molecule has 0 aliphatic carbocycles. The summed E-state index contributed by atoms with van der Waals surface area (Å²) in [6, 6.07) is 9.74. The van der Waals surface area contributed by atoms with Crippen molar-refractivity contribution in [2.24, 2.45) is 0 Å². The van der Waals surface area contributed by atoms with Crippen molar-refractivity contribution in [1.29, 1.82) is 0 Å². The molecule has 1 unspecified atom stereocenters. The Balaban J connectivity index is 2.26. The Kier molecular flexibility index (Phi) is 3.42. The van der Waals surface area contributed by atoms with Gasteiger partial charge in [0.25, 0.3) is 0 Å². The third-order valence-electron chi connectivity index (χ3n) is 3.33. The standard InChI is InChI=1S/C15H14ClN3O/c1-2-14(20)19-9-11(10-5-3-4-6-13(10)19)12-7-8-17-15(16)18-12/h3-9,14,20H,2H2,1H3. The molecule has 0 saturated carbocycles. The van der Waals surface area contributed by atoms with Crippen LogP contribution in [0.4, 0.5) is 0 Å². The molecule has 2 heterocycles. The van der Waals surface area contributed by atoms with Gasteiger partial charge in [-0.25, -0.2) is 9.97 Å². The van der Waals surface area contributed by atoms with Crippen molar-refractivity contribution in [2.75, 3.05) is 0 Å². The Morgan fingerprint density at radius 3 is 2.85 bits per heavy atom. The number of aliphatic hydroxyl groups is 1. The van der Waals surface area contributed by atoms with Gasteiger partial charge in [-0.3, -0.25) is 0 Å². The zero-order valence-corrected chi connectivity index (χ0v) is 11.7. The summed E-state index contributed by atoms with van der Waals surface area (Å²) >= 11 is 5.86. The van der Waals surface area contributed by atoms with Crippen LogP contribution in [-0.4, -0.2) is 19.6 Å². The number of para-hydroxylation sites is 1. The maximum atomic E-state index is 10.1. The molecule has 3 aromatic rings. The molecule has 0 bridgehead atoms. The quantitative estimate of drug-likeness (QED) is 0.748. The van der Waals surface area contributed by atoms with Crippen molar-refractivity contribution >= 4 is 22.5 Å². The number of rotatable bonds is 3. The first-order chi connectivity index (χ1) is 9.70. The van der Waals surface area contributed by atoms with E-state index in [2.05, 4.69) is 9.97 Å². The van der Waals surface area contributed by atoms with E-state index in [1.54, 1.807) is 6.20 Å². The first-order valence-corrected chi connectivity index (χ1v) is 6.85. The molecule has 0 spiro atoms. The average molecular weight is 288 g/mol. The molecule has 1 atom stereocenters. The van der Waals surface area contributed by atoms with Crippen molar-refractivity contribution in [1.82, 2.24) is 14.5 Å². The fraction of sp³-hybridized carbons (Fsp3) is 0.200. The summed E-state index contributed by atoms with van der Waals surface area (Å²) in [5.74, 6) is 0. The molecule has 3 rings (SSSR count). The van der Waals surface area contributed by atoms with Gasteiger partial charge in [-0.1, -0.05) is 25.1 Å². The molecule has 102 valence electrons. The fourth-order valence-corrected chi connectivity index (χ4v) is 2.48. The van der Waals surface area contributed by atoms with Crippen LogP contribution in [0.2, 0.25) is 5.28 Å². The van der Waals surface area contributed by atoms with Gasteiger partial charge in [0.15, 0.2) is 0 Å². The summed E-state index contributed by atoms with van der Waals surface area (Å²) < 4.78 is 1.86. The highest BCUT2D eigenvalue weighted by Crippen LogP contribution is 2.31. The monoisotopic (exact) mass is 287 g/mol. The van der Waals surface area contributed by atoms with Crippen molar-refractivity contribution in [3.8, 4) is 11.3 Å². The Bertz CT molecular complexity index is 754. The van der Waals surface area contributed by atoms with Gasteiger partial charge in [-0.15, -0.1) is 0 Å². The lowest BCUT2D eigenvalue weighted by molar-refractivity contribution is 0.105. The van der Waals surface area contributed by atoms with Crippen LogP contribution in [0.1, 0.15) is 19.6 Å². The molecule has 0 radical (unpaired) electrons. The second-order valence-electron chi connectivity index (χ2n) is 4.57. The minimum absolute atomic E-state index is 0.218. The zero-order valence-electron chi connectivity index (χ0n) is 11.0. The number of benzene rings is 1. The van der Waals surface area contributed by atoms with Gasteiger partial charge in [0.2, 0.25) is 5.28 Å². The molecule has 1 N–H and O–H groups in total. The van der Waals surface area contributed by atoms with Gasteiger partial charge >= 0.3 is 0 Å². The number of fused-ring (bicyclic) bond motifs is 1. The van der Waals surface area contributed by atoms with Gasteiger partial charge in [0, 0.05) is 23.3 Å². The Hall–Kier alpha value is -1.91. The smallest absolute Gasteiger partial charge is 0.222 e. The van der Waals surface area contributed by atoms with E-state index < -0.39 is 6.23 Å². The highest BCUT2D eigenvalue weighted by molar-refractivity contribution is 6.28. The van der Waals surface area contributed by atoms with E-state index >= 15 is 0 Å². The first kappa shape index (κ1) is 13.1. The molecule has 5 heteroatoms. The highest BCUT2D eigenvalue weighted by Gasteiger charge is 2.14. The predicted octanol–water partition coefficient (Wildman–Crippen LogP) is 3.65. The van der Waals surface area contributed by atoms with Gasteiger partial charge in [-0.05, 0) is 30.2 Å². The van der Waals surface area contributed by atoms with Gasteiger partial charge < -0.3 is 9.67 Å². The SMILES string of the molecule is CCC(O)n1cc(-c2ccnc(Cl)n2)c2ccccc21. The second-order valence-corrected chi connectivity index (χ2v) is 4.91. The van der Waals surface area contributed by atoms with Crippen LogP contribution in [0, 0.1) is 0 Å². The van der Waals surface area contributed by atoms with Crippen molar-refractivity contribution in [3.63, 3.8) is 0 Å². The maximum absolute atomic E-state index is 10.1. The summed E-state index contributed by atoms with van der Waals surface area (Å²) in [6.07, 6.45) is 3.64. The van der Waals surface area contributed by atoms with E-state index in [0.29, 0.717) is 6.42 Å². The Morgan fingerprint density at radius 2 is 2.10 bits per heavy atom. The largest absolute Gasteiger partial charge is 0.373 e. The molecule has 2 aromatic heterocycles. The van der Waals surface area contributed by atoms with Crippen LogP contribution in [0.5, 0.6) is 0 Å². The number of hydrogen-bond acceptors (Lipinski definition) is 3. The van der Waals surface area contributed by atoms with E-state index in [0.717, 1.165) is 22.2 Å². The third-order valence-corrected chi connectivity index (χ3v) is 3.51. The minimum Gasteiger partial charge on any atom is -0.373 e. The molecule has 20 heavy (non-hydrogen) atoms. The number of halogens is 1. The molecule has 0 aliphatic rings.